The van der Waals surface area contributed by atoms with Crippen molar-refractivity contribution >= 4 is 11.8 Å². The van der Waals surface area contributed by atoms with Gasteiger partial charge < -0.3 is 14.6 Å². The first-order valence-electron chi connectivity index (χ1n) is 9.00. The molecule has 2 amide bonds. The Kier molecular flexibility index (Phi) is 4.22. The van der Waals surface area contributed by atoms with E-state index in [9.17, 15) is 9.59 Å². The van der Waals surface area contributed by atoms with Gasteiger partial charge in [-0.1, -0.05) is 0 Å². The molecule has 1 saturated heterocycles. The predicted octanol–water partition coefficient (Wildman–Crippen LogP) is 2.19. The number of likely N-dealkylation sites (tertiary alicyclic amines) is 1. The molecule has 2 fully saturated rings. The van der Waals surface area contributed by atoms with E-state index in [0.29, 0.717) is 24.5 Å². The number of furan rings is 1. The minimum Gasteiger partial charge on any atom is -0.456 e. The zero-order valence-electron chi connectivity index (χ0n) is 14.8. The number of nitrogens with zero attached hydrogens (tertiary/aromatic N) is 3. The van der Waals surface area contributed by atoms with Crippen LogP contribution in [-0.4, -0.2) is 45.8 Å². The Morgan fingerprint density at radius 1 is 1.23 bits per heavy atom. The van der Waals surface area contributed by atoms with Gasteiger partial charge in [0.05, 0.1) is 6.20 Å². The number of hydrogen-bond acceptors (Lipinski definition) is 5. The smallest absolute Gasteiger partial charge is 0.289 e. The van der Waals surface area contributed by atoms with Crippen LogP contribution in [0.3, 0.4) is 0 Å². The van der Waals surface area contributed by atoms with E-state index in [1.54, 1.807) is 12.3 Å². The molecule has 0 radical (unpaired) electrons. The molecular formula is C19H22N4O3. The average Bonchev–Trinajstić information content (AvgIpc) is 3.11. The van der Waals surface area contributed by atoms with Crippen molar-refractivity contribution in [1.29, 1.82) is 0 Å². The summed E-state index contributed by atoms with van der Waals surface area (Å²) >= 11 is 0. The number of piperidine rings is 1. The minimum atomic E-state index is -0.174. The molecule has 1 spiro atoms. The predicted molar refractivity (Wildman–Crippen MR) is 93.5 cm³/mol. The van der Waals surface area contributed by atoms with Crippen LogP contribution in [0, 0.1) is 12.3 Å². The summed E-state index contributed by atoms with van der Waals surface area (Å²) in [5.41, 5.74) is 0.434. The van der Waals surface area contributed by atoms with Gasteiger partial charge in [-0.15, -0.1) is 0 Å². The van der Waals surface area contributed by atoms with Gasteiger partial charge in [0.15, 0.2) is 5.76 Å². The lowest BCUT2D eigenvalue weighted by Crippen LogP contribution is -2.59. The number of amides is 2. The van der Waals surface area contributed by atoms with E-state index in [1.165, 1.54) is 12.4 Å². The molecule has 7 heteroatoms. The number of rotatable bonds is 3. The van der Waals surface area contributed by atoms with Crippen LogP contribution in [0.5, 0.6) is 0 Å². The lowest BCUT2D eigenvalue weighted by molar-refractivity contribution is -0.00327. The van der Waals surface area contributed by atoms with Gasteiger partial charge in [0, 0.05) is 31.5 Å². The third kappa shape index (κ3) is 2.98. The molecule has 1 atom stereocenters. The number of aryl methyl sites for hydroxylation is 1. The van der Waals surface area contributed by atoms with Gasteiger partial charge >= 0.3 is 0 Å². The topological polar surface area (TPSA) is 88.3 Å². The Hall–Kier alpha value is -2.70. The molecule has 26 heavy (non-hydrogen) atoms. The highest BCUT2D eigenvalue weighted by molar-refractivity contribution is 5.92. The van der Waals surface area contributed by atoms with Crippen LogP contribution >= 0.6 is 0 Å². The van der Waals surface area contributed by atoms with E-state index in [2.05, 4.69) is 15.3 Å². The van der Waals surface area contributed by atoms with Crippen molar-refractivity contribution in [1.82, 2.24) is 20.2 Å². The van der Waals surface area contributed by atoms with E-state index in [1.807, 2.05) is 17.9 Å². The van der Waals surface area contributed by atoms with Crippen molar-refractivity contribution in [3.8, 4) is 0 Å². The Labute approximate surface area is 151 Å². The van der Waals surface area contributed by atoms with Crippen molar-refractivity contribution in [3.05, 3.63) is 47.9 Å². The number of aromatic nitrogens is 2. The highest BCUT2D eigenvalue weighted by atomic mass is 16.3. The van der Waals surface area contributed by atoms with Crippen LogP contribution in [0.1, 0.15) is 52.5 Å². The SMILES string of the molecule is Cc1ccc(C(=O)N2CCC3(CCC3NC(=O)c3cnccn3)CC2)o1. The van der Waals surface area contributed by atoms with Crippen LogP contribution < -0.4 is 5.32 Å². The summed E-state index contributed by atoms with van der Waals surface area (Å²) in [6.07, 6.45) is 8.39. The maximum Gasteiger partial charge on any atom is 0.289 e. The summed E-state index contributed by atoms with van der Waals surface area (Å²) < 4.78 is 5.45. The minimum absolute atomic E-state index is 0.0487. The monoisotopic (exact) mass is 354 g/mol. The molecule has 3 heterocycles. The summed E-state index contributed by atoms with van der Waals surface area (Å²) in [4.78, 5) is 34.7. The largest absolute Gasteiger partial charge is 0.456 e. The summed E-state index contributed by atoms with van der Waals surface area (Å²) in [5.74, 6) is 0.923. The molecule has 2 aliphatic rings. The third-order valence-electron chi connectivity index (χ3n) is 5.77. The van der Waals surface area contributed by atoms with Gasteiger partial charge in [-0.2, -0.15) is 0 Å². The Bertz CT molecular complexity index is 809. The Morgan fingerprint density at radius 3 is 2.62 bits per heavy atom. The Balaban J connectivity index is 1.36. The molecule has 4 rings (SSSR count). The maximum atomic E-state index is 12.5. The second-order valence-electron chi connectivity index (χ2n) is 7.22. The highest BCUT2D eigenvalue weighted by Crippen LogP contribution is 2.49. The first-order valence-corrected chi connectivity index (χ1v) is 9.00. The molecular weight excluding hydrogens is 332 g/mol. The fourth-order valence-corrected chi connectivity index (χ4v) is 4.03. The van der Waals surface area contributed by atoms with E-state index >= 15 is 0 Å². The molecule has 0 aromatic carbocycles. The number of carbonyl (C=O) groups is 2. The number of carbonyl (C=O) groups excluding carboxylic acids is 2. The second kappa shape index (κ2) is 6.55. The van der Waals surface area contributed by atoms with Gasteiger partial charge in [-0.25, -0.2) is 4.98 Å². The van der Waals surface area contributed by atoms with Gasteiger partial charge in [0.1, 0.15) is 11.5 Å². The molecule has 1 saturated carbocycles. The van der Waals surface area contributed by atoms with Gasteiger partial charge in [-0.3, -0.25) is 14.6 Å². The number of hydrogen-bond donors (Lipinski definition) is 1. The normalized spacial score (nSPS) is 21.3. The molecule has 136 valence electrons. The molecule has 2 aromatic heterocycles. The molecule has 2 aromatic rings. The van der Waals surface area contributed by atoms with Crippen molar-refractivity contribution in [2.24, 2.45) is 5.41 Å². The maximum absolute atomic E-state index is 12.5. The van der Waals surface area contributed by atoms with Crippen LogP contribution in [0.15, 0.2) is 35.1 Å². The van der Waals surface area contributed by atoms with Gasteiger partial charge in [0.2, 0.25) is 0 Å². The third-order valence-corrected chi connectivity index (χ3v) is 5.77. The van der Waals surface area contributed by atoms with Crippen LogP contribution in [0.2, 0.25) is 0 Å². The molecule has 1 aliphatic carbocycles. The van der Waals surface area contributed by atoms with Crippen LogP contribution in [-0.2, 0) is 0 Å². The van der Waals surface area contributed by atoms with Gasteiger partial charge in [-0.05, 0) is 50.2 Å². The fraction of sp³-hybridized carbons (Fsp3) is 0.474. The molecule has 1 N–H and O–H groups in total. The highest BCUT2D eigenvalue weighted by Gasteiger charge is 2.49. The van der Waals surface area contributed by atoms with E-state index in [4.69, 9.17) is 4.42 Å². The zero-order chi connectivity index (χ0) is 18.1. The van der Waals surface area contributed by atoms with Crippen molar-refractivity contribution < 1.29 is 14.0 Å². The lowest BCUT2D eigenvalue weighted by Gasteiger charge is -2.53. The Morgan fingerprint density at radius 2 is 2.04 bits per heavy atom. The van der Waals surface area contributed by atoms with Crippen LogP contribution in [0.4, 0.5) is 0 Å². The molecule has 0 bridgehead atoms. The average molecular weight is 354 g/mol. The first-order chi connectivity index (χ1) is 12.6. The summed E-state index contributed by atoms with van der Waals surface area (Å²) in [6, 6.07) is 3.68. The first kappa shape index (κ1) is 16.8. The quantitative estimate of drug-likeness (QED) is 0.913. The van der Waals surface area contributed by atoms with Crippen molar-refractivity contribution in [2.75, 3.05) is 13.1 Å². The lowest BCUT2D eigenvalue weighted by atomic mass is 9.59. The molecule has 7 nitrogen and oxygen atoms in total. The molecule has 1 aliphatic heterocycles. The standard InChI is InChI=1S/C19H22N4O3/c1-13-2-3-15(26-13)18(25)23-10-6-19(7-11-23)5-4-16(19)22-17(24)14-12-20-8-9-21-14/h2-3,8-9,12,16H,4-7,10-11H2,1H3,(H,22,24). The second-order valence-corrected chi connectivity index (χ2v) is 7.22. The van der Waals surface area contributed by atoms with E-state index < -0.39 is 0 Å². The van der Waals surface area contributed by atoms with Crippen LogP contribution in [0.25, 0.3) is 0 Å². The zero-order valence-corrected chi connectivity index (χ0v) is 14.8. The van der Waals surface area contributed by atoms with E-state index in [0.717, 1.165) is 31.4 Å². The number of nitrogens with one attached hydrogen (secondary N) is 1. The summed E-state index contributed by atoms with van der Waals surface area (Å²) in [7, 11) is 0. The van der Waals surface area contributed by atoms with Crippen molar-refractivity contribution in [2.45, 2.75) is 38.6 Å². The molecule has 1 unspecified atom stereocenters. The fourth-order valence-electron chi connectivity index (χ4n) is 4.03. The summed E-state index contributed by atoms with van der Waals surface area (Å²) in [5, 5.41) is 3.11. The van der Waals surface area contributed by atoms with Gasteiger partial charge in [0.25, 0.3) is 11.8 Å². The van der Waals surface area contributed by atoms with Crippen molar-refractivity contribution in [3.63, 3.8) is 0 Å². The summed E-state index contributed by atoms with van der Waals surface area (Å²) in [6.45, 7) is 3.22. The van der Waals surface area contributed by atoms with E-state index in [-0.39, 0.29) is 23.3 Å².